The Bertz CT molecular complexity index is 711. The van der Waals surface area contributed by atoms with Crippen molar-refractivity contribution in [3.8, 4) is 0 Å². The number of carbonyl (C=O) groups is 2. The van der Waals surface area contributed by atoms with Gasteiger partial charge in [-0.1, -0.05) is 37.3 Å². The normalized spacial score (nSPS) is 18.0. The quantitative estimate of drug-likeness (QED) is 0.656. The molecule has 0 aliphatic carbocycles. The number of rotatable bonds is 8. The van der Waals surface area contributed by atoms with E-state index in [4.69, 9.17) is 9.47 Å². The van der Waals surface area contributed by atoms with Crippen molar-refractivity contribution in [3.05, 3.63) is 35.9 Å². The number of nitrogens with one attached hydrogen (secondary N) is 2. The van der Waals surface area contributed by atoms with Gasteiger partial charge in [-0.3, -0.25) is 4.79 Å². The van der Waals surface area contributed by atoms with E-state index in [1.54, 1.807) is 7.05 Å². The van der Waals surface area contributed by atoms with Crippen LogP contribution in [-0.4, -0.2) is 61.4 Å². The molecule has 1 aromatic carbocycles. The zero-order valence-corrected chi connectivity index (χ0v) is 19.9. The Hall–Kier alpha value is -2.12. The molecule has 0 saturated carbocycles. The SMILES string of the molecule is CC(CN(C)C(=O)OC(C)(C)C)C(=O)NCC1(NC(C)c2ccccc2)CCOCC1. The van der Waals surface area contributed by atoms with Crippen molar-refractivity contribution in [2.75, 3.05) is 33.4 Å². The van der Waals surface area contributed by atoms with E-state index in [2.05, 4.69) is 29.7 Å². The minimum Gasteiger partial charge on any atom is -0.444 e. The van der Waals surface area contributed by atoms with Crippen LogP contribution in [-0.2, 0) is 14.3 Å². The molecule has 2 N–H and O–H groups in total. The fourth-order valence-electron chi connectivity index (χ4n) is 3.76. The summed E-state index contributed by atoms with van der Waals surface area (Å²) in [6.45, 7) is 11.6. The van der Waals surface area contributed by atoms with E-state index in [1.807, 2.05) is 45.9 Å². The molecule has 0 bridgehead atoms. The predicted octanol–water partition coefficient (Wildman–Crippen LogP) is 3.51. The maximum Gasteiger partial charge on any atom is 0.410 e. The number of benzene rings is 1. The van der Waals surface area contributed by atoms with Crippen molar-refractivity contribution in [3.63, 3.8) is 0 Å². The van der Waals surface area contributed by atoms with Gasteiger partial charge in [0.15, 0.2) is 0 Å². The summed E-state index contributed by atoms with van der Waals surface area (Å²) in [5, 5.41) is 6.85. The van der Waals surface area contributed by atoms with Crippen molar-refractivity contribution >= 4 is 12.0 Å². The van der Waals surface area contributed by atoms with Crippen molar-refractivity contribution in [1.82, 2.24) is 15.5 Å². The van der Waals surface area contributed by atoms with Crippen LogP contribution in [0, 0.1) is 5.92 Å². The molecule has 0 radical (unpaired) electrons. The van der Waals surface area contributed by atoms with Crippen LogP contribution >= 0.6 is 0 Å². The van der Waals surface area contributed by atoms with Crippen LogP contribution in [0.3, 0.4) is 0 Å². The van der Waals surface area contributed by atoms with Gasteiger partial charge in [0.1, 0.15) is 5.60 Å². The highest BCUT2D eigenvalue weighted by Gasteiger charge is 2.35. The Kier molecular flexibility index (Phi) is 8.89. The molecule has 2 amide bonds. The number of hydrogen-bond donors (Lipinski definition) is 2. The third-order valence-corrected chi connectivity index (χ3v) is 5.57. The maximum absolute atomic E-state index is 12.8. The Morgan fingerprint density at radius 3 is 2.35 bits per heavy atom. The maximum atomic E-state index is 12.8. The Balaban J connectivity index is 1.93. The van der Waals surface area contributed by atoms with E-state index in [0.29, 0.717) is 26.3 Å². The molecule has 1 aromatic rings. The molecule has 174 valence electrons. The summed E-state index contributed by atoms with van der Waals surface area (Å²) in [5.41, 5.74) is 0.430. The van der Waals surface area contributed by atoms with Gasteiger partial charge in [-0.15, -0.1) is 0 Å². The first-order valence-corrected chi connectivity index (χ1v) is 11.1. The van der Waals surface area contributed by atoms with Crippen LogP contribution in [0.4, 0.5) is 4.79 Å². The molecule has 2 unspecified atom stereocenters. The number of hydrogen-bond acceptors (Lipinski definition) is 5. The van der Waals surface area contributed by atoms with Crippen LogP contribution in [0.25, 0.3) is 0 Å². The number of carbonyl (C=O) groups excluding carboxylic acids is 2. The lowest BCUT2D eigenvalue weighted by Crippen LogP contribution is -2.57. The lowest BCUT2D eigenvalue weighted by Gasteiger charge is -2.41. The highest BCUT2D eigenvalue weighted by atomic mass is 16.6. The van der Waals surface area contributed by atoms with Gasteiger partial charge in [0, 0.05) is 44.9 Å². The lowest BCUT2D eigenvalue weighted by molar-refractivity contribution is -0.125. The van der Waals surface area contributed by atoms with Gasteiger partial charge in [0.2, 0.25) is 5.91 Å². The first kappa shape index (κ1) is 25.1. The van der Waals surface area contributed by atoms with Crippen LogP contribution in [0.5, 0.6) is 0 Å². The molecular formula is C24H39N3O4. The first-order chi connectivity index (χ1) is 14.5. The molecule has 0 aromatic heterocycles. The van der Waals surface area contributed by atoms with E-state index < -0.39 is 11.7 Å². The van der Waals surface area contributed by atoms with Gasteiger partial charge >= 0.3 is 6.09 Å². The average molecular weight is 434 g/mol. The Morgan fingerprint density at radius 1 is 1.16 bits per heavy atom. The molecule has 1 aliphatic rings. The smallest absolute Gasteiger partial charge is 0.410 e. The van der Waals surface area contributed by atoms with Crippen molar-refractivity contribution in [2.45, 2.75) is 64.6 Å². The minimum absolute atomic E-state index is 0.0737. The van der Waals surface area contributed by atoms with E-state index in [0.717, 1.165) is 12.8 Å². The zero-order chi connectivity index (χ0) is 23.1. The van der Waals surface area contributed by atoms with Gasteiger partial charge in [0.25, 0.3) is 0 Å². The zero-order valence-electron chi connectivity index (χ0n) is 19.9. The number of nitrogens with zero attached hydrogens (tertiary/aromatic N) is 1. The average Bonchev–Trinajstić information content (AvgIpc) is 2.72. The molecule has 31 heavy (non-hydrogen) atoms. The summed E-state index contributed by atoms with van der Waals surface area (Å²) >= 11 is 0. The second-order valence-electron chi connectivity index (χ2n) is 9.65. The molecule has 7 nitrogen and oxygen atoms in total. The van der Waals surface area contributed by atoms with Gasteiger partial charge < -0.3 is 25.0 Å². The van der Waals surface area contributed by atoms with Gasteiger partial charge in [-0.05, 0) is 46.1 Å². The Labute approximate surface area is 186 Å². The summed E-state index contributed by atoms with van der Waals surface area (Å²) in [4.78, 5) is 26.4. The predicted molar refractivity (Wildman–Crippen MR) is 122 cm³/mol. The van der Waals surface area contributed by atoms with Crippen LogP contribution in [0.15, 0.2) is 30.3 Å². The molecule has 7 heteroatoms. The van der Waals surface area contributed by atoms with E-state index in [-0.39, 0.29) is 23.4 Å². The second kappa shape index (κ2) is 11.0. The lowest BCUT2D eigenvalue weighted by atomic mass is 9.88. The van der Waals surface area contributed by atoms with Crippen molar-refractivity contribution < 1.29 is 19.1 Å². The molecule has 1 saturated heterocycles. The van der Waals surface area contributed by atoms with Crippen molar-refractivity contribution in [1.29, 1.82) is 0 Å². The van der Waals surface area contributed by atoms with Gasteiger partial charge in [-0.2, -0.15) is 0 Å². The van der Waals surface area contributed by atoms with Crippen LogP contribution in [0.2, 0.25) is 0 Å². The molecule has 0 spiro atoms. The standard InChI is InChI=1S/C24H39N3O4/c1-18(16-27(6)22(29)31-23(3,4)5)21(28)25-17-24(12-14-30-15-13-24)26-19(2)20-10-8-7-9-11-20/h7-11,18-19,26H,12-17H2,1-6H3,(H,25,28). The fraction of sp³-hybridized carbons (Fsp3) is 0.667. The van der Waals surface area contributed by atoms with Gasteiger partial charge in [-0.25, -0.2) is 4.79 Å². The first-order valence-electron chi connectivity index (χ1n) is 11.1. The van der Waals surface area contributed by atoms with E-state index in [1.165, 1.54) is 10.5 Å². The number of amides is 2. The monoisotopic (exact) mass is 433 g/mol. The molecule has 2 atom stereocenters. The highest BCUT2D eigenvalue weighted by molar-refractivity contribution is 5.79. The summed E-state index contributed by atoms with van der Waals surface area (Å²) in [6.07, 6.45) is 1.24. The minimum atomic E-state index is -0.562. The number of ether oxygens (including phenoxy) is 2. The molecule has 2 rings (SSSR count). The molecular weight excluding hydrogens is 394 g/mol. The van der Waals surface area contributed by atoms with E-state index in [9.17, 15) is 9.59 Å². The second-order valence-corrected chi connectivity index (χ2v) is 9.65. The Morgan fingerprint density at radius 2 is 1.77 bits per heavy atom. The molecule has 1 heterocycles. The van der Waals surface area contributed by atoms with Crippen LogP contribution in [0.1, 0.15) is 59.1 Å². The van der Waals surface area contributed by atoms with Crippen LogP contribution < -0.4 is 10.6 Å². The van der Waals surface area contributed by atoms with Crippen molar-refractivity contribution in [2.24, 2.45) is 5.92 Å². The summed E-state index contributed by atoms with van der Waals surface area (Å²) in [6, 6.07) is 10.5. The largest absolute Gasteiger partial charge is 0.444 e. The topological polar surface area (TPSA) is 79.9 Å². The summed E-state index contributed by atoms with van der Waals surface area (Å²) in [7, 11) is 1.65. The summed E-state index contributed by atoms with van der Waals surface area (Å²) in [5.74, 6) is -0.420. The summed E-state index contributed by atoms with van der Waals surface area (Å²) < 4.78 is 10.9. The third-order valence-electron chi connectivity index (χ3n) is 5.57. The fourth-order valence-corrected chi connectivity index (χ4v) is 3.76. The molecule has 1 fully saturated rings. The van der Waals surface area contributed by atoms with Gasteiger partial charge in [0.05, 0.1) is 5.92 Å². The third kappa shape index (κ3) is 8.15. The van der Waals surface area contributed by atoms with E-state index >= 15 is 0 Å². The molecule has 1 aliphatic heterocycles. The highest BCUT2D eigenvalue weighted by Crippen LogP contribution is 2.25.